The molecular weight excluding hydrogens is 463 g/mol. The zero-order valence-corrected chi connectivity index (χ0v) is 19.3. The second-order valence-corrected chi connectivity index (χ2v) is 8.25. The van der Waals surface area contributed by atoms with E-state index in [0.717, 1.165) is 16.6 Å². The number of fused-ring (bicyclic) bond motifs is 1. The highest BCUT2D eigenvalue weighted by Gasteiger charge is 2.40. The van der Waals surface area contributed by atoms with Gasteiger partial charge in [-0.1, -0.05) is 36.4 Å². The molecule has 10 heteroatoms. The molecule has 2 atom stereocenters. The summed E-state index contributed by atoms with van der Waals surface area (Å²) in [5, 5.41) is 31.4. The van der Waals surface area contributed by atoms with E-state index in [-0.39, 0.29) is 19.0 Å². The average molecular weight is 489 g/mol. The number of nitrogens with zero attached hydrogens (tertiary/aromatic N) is 4. The van der Waals surface area contributed by atoms with Gasteiger partial charge in [0.25, 0.3) is 5.85 Å². The topological polar surface area (TPSA) is 117 Å². The highest BCUT2D eigenvalue weighted by molar-refractivity contribution is 5.84. The van der Waals surface area contributed by atoms with E-state index in [9.17, 15) is 14.6 Å². The summed E-state index contributed by atoms with van der Waals surface area (Å²) < 4.78 is 22.3. The van der Waals surface area contributed by atoms with E-state index < -0.39 is 18.6 Å². The van der Waals surface area contributed by atoms with Crippen molar-refractivity contribution < 1.29 is 19.3 Å². The summed E-state index contributed by atoms with van der Waals surface area (Å²) >= 11 is 0. The Morgan fingerprint density at radius 2 is 1.86 bits per heavy atom. The zero-order chi connectivity index (χ0) is 25.0. The number of aliphatic imine (C=N–C) groups is 1. The van der Waals surface area contributed by atoms with Crippen molar-refractivity contribution in [3.05, 3.63) is 102 Å². The van der Waals surface area contributed by atoms with Crippen molar-refractivity contribution in [1.29, 1.82) is 0 Å². The minimum absolute atomic E-state index is 0.199. The molecule has 3 heterocycles. The van der Waals surface area contributed by atoms with Crippen LogP contribution in [0.3, 0.4) is 0 Å². The first-order valence-corrected chi connectivity index (χ1v) is 11.4. The largest absolute Gasteiger partial charge is 0.394 e. The molecule has 5 rings (SSSR count). The fourth-order valence-electron chi connectivity index (χ4n) is 3.95. The van der Waals surface area contributed by atoms with Crippen LogP contribution in [0.4, 0.5) is 10.1 Å². The van der Waals surface area contributed by atoms with Crippen molar-refractivity contribution >= 4 is 22.8 Å². The van der Waals surface area contributed by atoms with Crippen LogP contribution in [0.25, 0.3) is 10.9 Å². The van der Waals surface area contributed by atoms with Crippen molar-refractivity contribution in [2.24, 2.45) is 4.99 Å². The van der Waals surface area contributed by atoms with Gasteiger partial charge in [-0.05, 0) is 30.3 Å². The number of anilines is 1. The van der Waals surface area contributed by atoms with E-state index in [1.165, 1.54) is 6.07 Å². The zero-order valence-electron chi connectivity index (χ0n) is 19.3. The molecule has 2 aromatic heterocycles. The molecule has 1 unspecified atom stereocenters. The van der Waals surface area contributed by atoms with Crippen molar-refractivity contribution in [1.82, 2.24) is 20.1 Å². The molecule has 0 saturated carbocycles. The van der Waals surface area contributed by atoms with Gasteiger partial charge in [0.2, 0.25) is 0 Å². The molecule has 4 aromatic rings. The molecule has 0 spiro atoms. The van der Waals surface area contributed by atoms with Gasteiger partial charge in [-0.25, -0.2) is 9.38 Å². The van der Waals surface area contributed by atoms with Crippen LogP contribution in [0.1, 0.15) is 11.3 Å². The van der Waals surface area contributed by atoms with E-state index in [2.05, 4.69) is 20.6 Å². The fourth-order valence-corrected chi connectivity index (χ4v) is 3.95. The molecule has 36 heavy (non-hydrogen) atoms. The summed E-state index contributed by atoms with van der Waals surface area (Å²) in [4.78, 5) is 8.62. The molecule has 1 aliphatic heterocycles. The van der Waals surface area contributed by atoms with Crippen LogP contribution in [0.5, 0.6) is 0 Å². The monoisotopic (exact) mass is 488 g/mol. The van der Waals surface area contributed by atoms with Crippen molar-refractivity contribution in [2.45, 2.75) is 18.5 Å². The maximum Gasteiger partial charge on any atom is 0.286 e. The predicted molar refractivity (Wildman–Crippen MR) is 134 cm³/mol. The smallest absolute Gasteiger partial charge is 0.286 e. The van der Waals surface area contributed by atoms with Crippen LogP contribution in [0.15, 0.2) is 89.9 Å². The van der Waals surface area contributed by atoms with Crippen molar-refractivity contribution in [3.8, 4) is 0 Å². The minimum atomic E-state index is -1.53. The molecule has 0 bridgehead atoms. The Hall–Kier alpha value is -4.12. The third-order valence-corrected chi connectivity index (χ3v) is 5.71. The number of aliphatic hydroxyl groups excluding tert-OH is 2. The minimum Gasteiger partial charge on any atom is -0.394 e. The molecule has 1 aliphatic rings. The number of halogens is 1. The third-order valence-electron chi connectivity index (χ3n) is 5.71. The van der Waals surface area contributed by atoms with Gasteiger partial charge < -0.3 is 25.6 Å². The Kier molecular flexibility index (Phi) is 6.72. The first-order valence-electron chi connectivity index (χ1n) is 11.4. The molecule has 0 fully saturated rings. The Morgan fingerprint density at radius 1 is 1.08 bits per heavy atom. The second kappa shape index (κ2) is 10.2. The molecule has 4 N–H and O–H groups in total. The Morgan fingerprint density at radius 3 is 2.67 bits per heavy atom. The highest BCUT2D eigenvalue weighted by Crippen LogP contribution is 2.33. The van der Waals surface area contributed by atoms with Gasteiger partial charge in [0.1, 0.15) is 23.4 Å². The van der Waals surface area contributed by atoms with Crippen LogP contribution in [0, 0.1) is 5.82 Å². The van der Waals surface area contributed by atoms with Crippen LogP contribution in [-0.2, 0) is 17.1 Å². The van der Waals surface area contributed by atoms with Crippen LogP contribution < -0.4 is 10.6 Å². The van der Waals surface area contributed by atoms with Crippen molar-refractivity contribution in [2.75, 3.05) is 18.5 Å². The number of para-hydroxylation sites is 1. The maximum absolute atomic E-state index is 14.4. The number of ether oxygens (including phenoxy) is 1. The first-order chi connectivity index (χ1) is 17.6. The number of aliphatic hydroxyl groups is 2. The Labute approximate surface area is 206 Å². The van der Waals surface area contributed by atoms with Gasteiger partial charge in [0.05, 0.1) is 25.3 Å². The maximum atomic E-state index is 14.4. The molecule has 2 aromatic carbocycles. The lowest BCUT2D eigenvalue weighted by Crippen LogP contribution is -2.48. The van der Waals surface area contributed by atoms with Crippen LogP contribution >= 0.6 is 0 Å². The standard InChI is InChI=1S/C26H25FN6O3/c27-22-7-3-1-5-18(22)15-33-23-8-4-2-6-21(23)25(32-33)26(36-17-20(35)16-34)29-14-11-24(31-26)30-19-9-12-28-13-10-19/h1-14,20,31,34-35H,15-17H2,(H,28,30)/t20-,26?/m1/s1. The van der Waals surface area contributed by atoms with Crippen molar-refractivity contribution in [3.63, 3.8) is 0 Å². The van der Waals surface area contributed by atoms with Gasteiger partial charge >= 0.3 is 0 Å². The summed E-state index contributed by atoms with van der Waals surface area (Å²) in [6, 6.07) is 17.7. The average Bonchev–Trinajstić information content (AvgIpc) is 3.28. The van der Waals surface area contributed by atoms with Gasteiger partial charge in [0, 0.05) is 35.2 Å². The normalized spacial score (nSPS) is 18.0. The number of aromatic nitrogens is 3. The predicted octanol–water partition coefficient (Wildman–Crippen LogP) is 2.73. The van der Waals surface area contributed by atoms with Crippen LogP contribution in [0.2, 0.25) is 0 Å². The Bertz CT molecular complexity index is 1410. The summed E-state index contributed by atoms with van der Waals surface area (Å²) in [5.41, 5.74) is 2.47. The number of nitrogens with one attached hydrogen (secondary N) is 2. The molecule has 184 valence electrons. The molecule has 9 nitrogen and oxygen atoms in total. The number of benzene rings is 2. The molecule has 0 amide bonds. The van der Waals surface area contributed by atoms with Gasteiger partial charge in [-0.2, -0.15) is 5.10 Å². The number of pyridine rings is 1. The lowest BCUT2D eigenvalue weighted by molar-refractivity contribution is -0.105. The SMILES string of the molecule is OC[C@@H](O)COC1(c2nn(Cc3ccccc3F)c3ccccc23)N=CC=C(Nc2ccncc2)N1. The van der Waals surface area contributed by atoms with Gasteiger partial charge in [0.15, 0.2) is 0 Å². The van der Waals surface area contributed by atoms with E-state index in [0.29, 0.717) is 17.1 Å². The van der Waals surface area contributed by atoms with E-state index in [4.69, 9.17) is 9.84 Å². The van der Waals surface area contributed by atoms with Gasteiger partial charge in [-0.15, -0.1) is 0 Å². The van der Waals surface area contributed by atoms with E-state index >= 15 is 0 Å². The highest BCUT2D eigenvalue weighted by atomic mass is 19.1. The second-order valence-electron chi connectivity index (χ2n) is 8.25. The molecule has 0 saturated heterocycles. The van der Waals surface area contributed by atoms with E-state index in [1.807, 2.05) is 36.4 Å². The third kappa shape index (κ3) is 4.82. The molecule has 0 aliphatic carbocycles. The van der Waals surface area contributed by atoms with Crippen LogP contribution in [-0.4, -0.2) is 50.5 Å². The quantitative estimate of drug-likeness (QED) is 0.286. The lowest BCUT2D eigenvalue weighted by Gasteiger charge is -2.34. The molecular formula is C26H25FN6O3. The molecule has 0 radical (unpaired) electrons. The fraction of sp³-hybridized carbons (Fsp3) is 0.192. The number of allylic oxidation sites excluding steroid dienone is 1. The summed E-state index contributed by atoms with van der Waals surface area (Å²) in [7, 11) is 0. The summed E-state index contributed by atoms with van der Waals surface area (Å²) in [5.74, 6) is -1.28. The summed E-state index contributed by atoms with van der Waals surface area (Å²) in [6.07, 6.45) is 5.53. The van der Waals surface area contributed by atoms with Gasteiger partial charge in [-0.3, -0.25) is 9.67 Å². The summed E-state index contributed by atoms with van der Waals surface area (Å²) in [6.45, 7) is -0.484. The number of rotatable bonds is 9. The first kappa shape index (κ1) is 23.6. The number of hydrogen-bond donors (Lipinski definition) is 4. The number of hydrogen-bond acceptors (Lipinski definition) is 8. The lowest BCUT2D eigenvalue weighted by atomic mass is 10.1. The van der Waals surface area contributed by atoms with E-state index in [1.54, 1.807) is 47.6 Å². The Balaban J connectivity index is 1.56.